The predicted octanol–water partition coefficient (Wildman–Crippen LogP) is 2.08. The van der Waals surface area contributed by atoms with E-state index in [9.17, 15) is 0 Å². The Hall–Kier alpha value is -0.200. The summed E-state index contributed by atoms with van der Waals surface area (Å²) in [6.07, 6.45) is 0. The van der Waals surface area contributed by atoms with Crippen molar-refractivity contribution < 1.29 is 18.9 Å². The highest BCUT2D eigenvalue weighted by Gasteiger charge is 2.39. The van der Waals surface area contributed by atoms with Crippen LogP contribution < -0.4 is 5.32 Å². The van der Waals surface area contributed by atoms with Gasteiger partial charge in [0, 0.05) is 40.3 Å². The third kappa shape index (κ3) is 6.33. The molecule has 0 rings (SSSR count). The second-order valence-electron chi connectivity index (χ2n) is 3.64. The number of ether oxygens (including phenoxy) is 4. The van der Waals surface area contributed by atoms with Crippen molar-refractivity contribution in [3.05, 3.63) is 0 Å². The Balaban J connectivity index is 4.65. The minimum atomic E-state index is -1.04. The zero-order valence-corrected chi connectivity index (χ0v) is 11.9. The van der Waals surface area contributed by atoms with Crippen molar-refractivity contribution >= 4 is 0 Å². The van der Waals surface area contributed by atoms with Crippen molar-refractivity contribution in [2.75, 3.05) is 26.4 Å². The minimum Gasteiger partial charge on any atom is -0.337 e. The Morgan fingerprint density at radius 2 is 0.882 bits per heavy atom. The highest BCUT2D eigenvalue weighted by molar-refractivity contribution is 4.68. The number of hydrogen-bond donors (Lipinski definition) is 0. The Kier molecular flexibility index (Phi) is 7.91. The largest absolute Gasteiger partial charge is 0.337 e. The molecule has 0 aliphatic carbocycles. The molecule has 17 heavy (non-hydrogen) atoms. The van der Waals surface area contributed by atoms with Crippen LogP contribution in [0.3, 0.4) is 0 Å². The first kappa shape index (κ1) is 16.8. The SMILES string of the molecule is CCOC(C)([N]C(C)(OCC)OCC)OCC. The van der Waals surface area contributed by atoms with Gasteiger partial charge in [0.25, 0.3) is 0 Å². The highest BCUT2D eigenvalue weighted by atomic mass is 16.8. The lowest BCUT2D eigenvalue weighted by Gasteiger charge is -2.37. The molecule has 0 saturated carbocycles. The van der Waals surface area contributed by atoms with Gasteiger partial charge in [0.2, 0.25) is 11.8 Å². The first-order chi connectivity index (χ1) is 7.95. The van der Waals surface area contributed by atoms with E-state index in [1.165, 1.54) is 0 Å². The first-order valence-electron chi connectivity index (χ1n) is 6.25. The summed E-state index contributed by atoms with van der Waals surface area (Å²) in [6.45, 7) is 13.1. The summed E-state index contributed by atoms with van der Waals surface area (Å²) < 4.78 is 22.0. The van der Waals surface area contributed by atoms with Gasteiger partial charge in [-0.2, -0.15) is 0 Å². The van der Waals surface area contributed by atoms with Gasteiger partial charge >= 0.3 is 0 Å². The molecule has 0 amide bonds. The molecule has 0 aromatic heterocycles. The van der Waals surface area contributed by atoms with Crippen LogP contribution in [0.25, 0.3) is 0 Å². The molecule has 0 N–H and O–H groups in total. The third-order valence-electron chi connectivity index (χ3n) is 2.05. The van der Waals surface area contributed by atoms with Crippen LogP contribution in [0.4, 0.5) is 0 Å². The molecule has 1 radical (unpaired) electrons. The van der Waals surface area contributed by atoms with Crippen LogP contribution >= 0.6 is 0 Å². The topological polar surface area (TPSA) is 51.0 Å². The fourth-order valence-electron chi connectivity index (χ4n) is 1.65. The van der Waals surface area contributed by atoms with Gasteiger partial charge in [-0.05, 0) is 27.7 Å². The van der Waals surface area contributed by atoms with Gasteiger partial charge < -0.3 is 18.9 Å². The molecule has 0 fully saturated rings. The molecule has 0 spiro atoms. The maximum Gasteiger partial charge on any atom is 0.244 e. The van der Waals surface area contributed by atoms with Gasteiger partial charge in [-0.15, -0.1) is 5.32 Å². The van der Waals surface area contributed by atoms with E-state index in [0.29, 0.717) is 26.4 Å². The van der Waals surface area contributed by atoms with Crippen molar-refractivity contribution in [2.24, 2.45) is 0 Å². The van der Waals surface area contributed by atoms with Crippen LogP contribution in [0.2, 0.25) is 0 Å². The van der Waals surface area contributed by atoms with Crippen LogP contribution in [0.1, 0.15) is 41.5 Å². The van der Waals surface area contributed by atoms with E-state index < -0.39 is 11.8 Å². The maximum atomic E-state index is 5.51. The van der Waals surface area contributed by atoms with Gasteiger partial charge in [0.1, 0.15) is 0 Å². The molecule has 0 aliphatic rings. The van der Waals surface area contributed by atoms with Crippen LogP contribution in [0.5, 0.6) is 0 Å². The fraction of sp³-hybridized carbons (Fsp3) is 1.00. The summed E-state index contributed by atoms with van der Waals surface area (Å²) in [7, 11) is 0. The molecule has 0 unspecified atom stereocenters. The quantitative estimate of drug-likeness (QED) is 0.555. The van der Waals surface area contributed by atoms with E-state index in [-0.39, 0.29) is 0 Å². The standard InChI is InChI=1S/C12H26NO4/c1-7-14-11(5,15-8-2)13-12(6,16-9-3)17-10-4/h7-10H2,1-6H3. The van der Waals surface area contributed by atoms with Crippen LogP contribution in [-0.4, -0.2) is 38.2 Å². The maximum absolute atomic E-state index is 5.51. The Morgan fingerprint density at radius 1 is 0.647 bits per heavy atom. The molecule has 5 nitrogen and oxygen atoms in total. The lowest BCUT2D eigenvalue weighted by molar-refractivity contribution is -0.331. The Bertz CT molecular complexity index is 167. The predicted molar refractivity (Wildman–Crippen MR) is 65.4 cm³/mol. The summed E-state index contributed by atoms with van der Waals surface area (Å²) in [4.78, 5) is 0. The van der Waals surface area contributed by atoms with E-state index in [1.54, 1.807) is 13.8 Å². The van der Waals surface area contributed by atoms with Gasteiger partial charge in [-0.3, -0.25) is 0 Å². The Labute approximate surface area is 105 Å². The zero-order valence-electron chi connectivity index (χ0n) is 11.9. The Morgan fingerprint density at radius 3 is 1.06 bits per heavy atom. The molecule has 0 aromatic carbocycles. The van der Waals surface area contributed by atoms with Crippen molar-refractivity contribution in [1.29, 1.82) is 0 Å². The zero-order chi connectivity index (χ0) is 13.4. The summed E-state index contributed by atoms with van der Waals surface area (Å²) >= 11 is 0. The monoisotopic (exact) mass is 248 g/mol. The van der Waals surface area contributed by atoms with Crippen LogP contribution in [0.15, 0.2) is 0 Å². The second-order valence-corrected chi connectivity index (χ2v) is 3.64. The van der Waals surface area contributed by atoms with Crippen molar-refractivity contribution in [1.82, 2.24) is 5.32 Å². The summed E-state index contributed by atoms with van der Waals surface area (Å²) in [5.74, 6) is -2.08. The van der Waals surface area contributed by atoms with Gasteiger partial charge in [0.15, 0.2) is 0 Å². The minimum absolute atomic E-state index is 0.508. The van der Waals surface area contributed by atoms with Gasteiger partial charge in [-0.25, -0.2) is 0 Å². The van der Waals surface area contributed by atoms with Crippen molar-refractivity contribution in [3.63, 3.8) is 0 Å². The second kappa shape index (κ2) is 8.00. The molecule has 0 heterocycles. The molecule has 103 valence electrons. The molecule has 0 aliphatic heterocycles. The van der Waals surface area contributed by atoms with E-state index in [0.717, 1.165) is 0 Å². The van der Waals surface area contributed by atoms with Crippen LogP contribution in [-0.2, 0) is 18.9 Å². The molecule has 5 heteroatoms. The number of hydrogen-bond acceptors (Lipinski definition) is 4. The average Bonchev–Trinajstić information content (AvgIpc) is 2.17. The highest BCUT2D eigenvalue weighted by Crippen LogP contribution is 2.20. The lowest BCUT2D eigenvalue weighted by atomic mass is 10.4. The third-order valence-corrected chi connectivity index (χ3v) is 2.05. The normalized spacial score (nSPS) is 13.1. The molecule has 0 bridgehead atoms. The average molecular weight is 248 g/mol. The van der Waals surface area contributed by atoms with Crippen molar-refractivity contribution in [2.45, 2.75) is 53.4 Å². The van der Waals surface area contributed by atoms with Gasteiger partial charge in [0.05, 0.1) is 0 Å². The molecule has 0 atom stereocenters. The van der Waals surface area contributed by atoms with E-state index in [1.807, 2.05) is 27.7 Å². The molecular weight excluding hydrogens is 222 g/mol. The molecular formula is C12H26NO4. The molecule has 0 saturated heterocycles. The van der Waals surface area contributed by atoms with Crippen molar-refractivity contribution in [3.8, 4) is 0 Å². The van der Waals surface area contributed by atoms with Gasteiger partial charge in [-0.1, -0.05) is 0 Å². The summed E-state index contributed by atoms with van der Waals surface area (Å²) in [5, 5.41) is 4.41. The van der Waals surface area contributed by atoms with E-state index >= 15 is 0 Å². The number of rotatable bonds is 10. The first-order valence-corrected chi connectivity index (χ1v) is 6.25. The smallest absolute Gasteiger partial charge is 0.244 e. The summed E-state index contributed by atoms with van der Waals surface area (Å²) in [6, 6.07) is 0. The number of nitrogens with zero attached hydrogens (tertiary/aromatic N) is 1. The summed E-state index contributed by atoms with van der Waals surface area (Å²) in [5.41, 5.74) is 0. The fourth-order valence-corrected chi connectivity index (χ4v) is 1.65. The van der Waals surface area contributed by atoms with E-state index in [2.05, 4.69) is 5.32 Å². The lowest BCUT2D eigenvalue weighted by Crippen LogP contribution is -2.55. The molecule has 0 aromatic rings. The van der Waals surface area contributed by atoms with E-state index in [4.69, 9.17) is 18.9 Å². The van der Waals surface area contributed by atoms with Crippen LogP contribution in [0, 0.1) is 0 Å².